The lowest BCUT2D eigenvalue weighted by molar-refractivity contribution is -0.138. The molecule has 2 N–H and O–H groups in total. The summed E-state index contributed by atoms with van der Waals surface area (Å²) in [6.45, 7) is 5.94. The summed E-state index contributed by atoms with van der Waals surface area (Å²) >= 11 is 3.36. The van der Waals surface area contributed by atoms with Gasteiger partial charge in [0.2, 0.25) is 0 Å². The van der Waals surface area contributed by atoms with Gasteiger partial charge in [0.15, 0.2) is 0 Å². The predicted octanol–water partition coefficient (Wildman–Crippen LogP) is 3.06. The number of aromatic nitrogens is 1. The molecule has 0 amide bonds. The Morgan fingerprint density at radius 1 is 1.59 bits per heavy atom. The highest BCUT2D eigenvalue weighted by Gasteiger charge is 2.19. The van der Waals surface area contributed by atoms with Crippen molar-refractivity contribution in [2.24, 2.45) is 5.92 Å². The van der Waals surface area contributed by atoms with E-state index in [4.69, 9.17) is 5.11 Å². The number of hydrogen-bond acceptors (Lipinski definition) is 3. The minimum Gasteiger partial charge on any atom is -0.480 e. The van der Waals surface area contributed by atoms with Crippen molar-refractivity contribution in [2.45, 2.75) is 33.2 Å². The molecule has 1 aromatic heterocycles. The number of carboxylic acid groups (broad SMARTS) is 1. The van der Waals surface area contributed by atoms with Gasteiger partial charge in [-0.3, -0.25) is 0 Å². The number of hydrogen-bond donors (Lipinski definition) is 2. The fraction of sp³-hybridized carbons (Fsp3) is 0.500. The van der Waals surface area contributed by atoms with Crippen molar-refractivity contribution in [3.8, 4) is 0 Å². The summed E-state index contributed by atoms with van der Waals surface area (Å²) in [5.41, 5.74) is 1.02. The van der Waals surface area contributed by atoms with Crippen LogP contribution in [0.15, 0.2) is 16.7 Å². The summed E-state index contributed by atoms with van der Waals surface area (Å²) in [6, 6.07) is 1.24. The second-order valence-corrected chi connectivity index (χ2v) is 5.34. The quantitative estimate of drug-likeness (QED) is 0.877. The smallest absolute Gasteiger partial charge is 0.326 e. The van der Waals surface area contributed by atoms with Gasteiger partial charge >= 0.3 is 5.97 Å². The Balaban J connectivity index is 2.78. The summed E-state index contributed by atoms with van der Waals surface area (Å²) < 4.78 is 0.916. The molecule has 0 aliphatic heterocycles. The molecule has 17 heavy (non-hydrogen) atoms. The molecule has 0 aliphatic carbocycles. The summed E-state index contributed by atoms with van der Waals surface area (Å²) in [5, 5.41) is 12.1. The van der Waals surface area contributed by atoms with Crippen LogP contribution in [0.1, 0.15) is 25.8 Å². The van der Waals surface area contributed by atoms with Crippen molar-refractivity contribution < 1.29 is 9.90 Å². The molecule has 4 nitrogen and oxygen atoms in total. The Hall–Kier alpha value is -1.10. The minimum absolute atomic E-state index is 0.320. The molecule has 5 heteroatoms. The average Bonchev–Trinajstić information content (AvgIpc) is 2.21. The van der Waals surface area contributed by atoms with Gasteiger partial charge in [0, 0.05) is 10.7 Å². The fourth-order valence-corrected chi connectivity index (χ4v) is 1.71. The second kappa shape index (κ2) is 6.00. The third-order valence-electron chi connectivity index (χ3n) is 2.37. The molecule has 1 rings (SSSR count). The Kier molecular flexibility index (Phi) is 4.93. The van der Waals surface area contributed by atoms with Crippen LogP contribution in [0, 0.1) is 12.8 Å². The van der Waals surface area contributed by atoms with E-state index in [2.05, 4.69) is 26.2 Å². The van der Waals surface area contributed by atoms with Crippen molar-refractivity contribution >= 4 is 27.7 Å². The van der Waals surface area contributed by atoms with Crippen LogP contribution >= 0.6 is 15.9 Å². The maximum atomic E-state index is 11.1. The van der Waals surface area contributed by atoms with E-state index < -0.39 is 12.0 Å². The summed E-state index contributed by atoms with van der Waals surface area (Å²) in [4.78, 5) is 15.2. The second-order valence-electron chi connectivity index (χ2n) is 4.48. The van der Waals surface area contributed by atoms with E-state index in [1.54, 1.807) is 6.20 Å². The van der Waals surface area contributed by atoms with Crippen molar-refractivity contribution in [2.75, 3.05) is 5.32 Å². The number of nitrogens with zero attached hydrogens (tertiary/aromatic N) is 1. The van der Waals surface area contributed by atoms with Crippen LogP contribution in [0.4, 0.5) is 5.82 Å². The number of aryl methyl sites for hydroxylation is 1. The van der Waals surface area contributed by atoms with Crippen LogP contribution in [0.25, 0.3) is 0 Å². The maximum Gasteiger partial charge on any atom is 0.326 e. The lowest BCUT2D eigenvalue weighted by Gasteiger charge is -2.17. The molecule has 0 aliphatic rings. The van der Waals surface area contributed by atoms with E-state index in [1.165, 1.54) is 0 Å². The van der Waals surface area contributed by atoms with Crippen LogP contribution in [-0.4, -0.2) is 22.1 Å². The highest BCUT2D eigenvalue weighted by molar-refractivity contribution is 9.10. The van der Waals surface area contributed by atoms with Gasteiger partial charge in [-0.2, -0.15) is 0 Å². The molecule has 0 saturated heterocycles. The number of pyridine rings is 1. The molecular weight excluding hydrogens is 284 g/mol. The standard InChI is InChI=1S/C12H17BrN2O2/c1-7(2)4-10(12(16)17)15-11-5-8(3)9(13)6-14-11/h5-7,10H,4H2,1-3H3,(H,14,15)(H,16,17)/t10-/m1/s1. The number of halogens is 1. The van der Waals surface area contributed by atoms with Crippen molar-refractivity contribution in [1.82, 2.24) is 4.98 Å². The van der Waals surface area contributed by atoms with Gasteiger partial charge in [-0.1, -0.05) is 13.8 Å². The number of aliphatic carboxylic acids is 1. The fourth-order valence-electron chi connectivity index (χ4n) is 1.49. The molecule has 94 valence electrons. The molecule has 0 spiro atoms. The monoisotopic (exact) mass is 300 g/mol. The summed E-state index contributed by atoms with van der Waals surface area (Å²) in [6.07, 6.45) is 2.25. The van der Waals surface area contributed by atoms with E-state index in [0.717, 1.165) is 10.0 Å². The third kappa shape index (κ3) is 4.34. The molecule has 0 saturated carbocycles. The Bertz CT molecular complexity index is 407. The molecule has 0 unspecified atom stereocenters. The van der Waals surface area contributed by atoms with Crippen molar-refractivity contribution in [3.05, 3.63) is 22.3 Å². The molecule has 1 atom stereocenters. The highest BCUT2D eigenvalue weighted by Crippen LogP contribution is 2.18. The van der Waals surface area contributed by atoms with E-state index in [9.17, 15) is 4.79 Å². The lowest BCUT2D eigenvalue weighted by Crippen LogP contribution is -2.31. The zero-order chi connectivity index (χ0) is 13.0. The van der Waals surface area contributed by atoms with E-state index in [0.29, 0.717) is 18.2 Å². The van der Waals surface area contributed by atoms with Crippen molar-refractivity contribution in [3.63, 3.8) is 0 Å². The third-order valence-corrected chi connectivity index (χ3v) is 3.20. The number of carbonyl (C=O) groups is 1. The van der Waals surface area contributed by atoms with Gasteiger partial charge in [-0.05, 0) is 46.8 Å². The van der Waals surface area contributed by atoms with Crippen LogP contribution in [0.2, 0.25) is 0 Å². The molecule has 0 bridgehead atoms. The largest absolute Gasteiger partial charge is 0.480 e. The number of nitrogens with one attached hydrogen (secondary N) is 1. The Labute approximate surface area is 110 Å². The Morgan fingerprint density at radius 2 is 2.24 bits per heavy atom. The maximum absolute atomic E-state index is 11.1. The first kappa shape index (κ1) is 14.0. The summed E-state index contributed by atoms with van der Waals surface area (Å²) in [5.74, 6) is 0.0694. The average molecular weight is 301 g/mol. The molecular formula is C12H17BrN2O2. The SMILES string of the molecule is Cc1cc(N[C@H](CC(C)C)C(=O)O)ncc1Br. The lowest BCUT2D eigenvalue weighted by atomic mass is 10.0. The topological polar surface area (TPSA) is 62.2 Å². The normalized spacial score (nSPS) is 12.5. The molecule has 1 heterocycles. The van der Waals surface area contributed by atoms with Gasteiger partial charge < -0.3 is 10.4 Å². The molecule has 0 fully saturated rings. The zero-order valence-corrected chi connectivity index (χ0v) is 11.8. The summed E-state index contributed by atoms with van der Waals surface area (Å²) in [7, 11) is 0. The first-order valence-electron chi connectivity index (χ1n) is 5.51. The van der Waals surface area contributed by atoms with Crippen LogP contribution in [-0.2, 0) is 4.79 Å². The number of anilines is 1. The van der Waals surface area contributed by atoms with Gasteiger partial charge in [0.05, 0.1) is 0 Å². The molecule has 0 radical (unpaired) electrons. The van der Waals surface area contributed by atoms with Gasteiger partial charge in [0.1, 0.15) is 11.9 Å². The van der Waals surface area contributed by atoms with Crippen LogP contribution in [0.5, 0.6) is 0 Å². The molecule has 0 aromatic carbocycles. The van der Waals surface area contributed by atoms with E-state index >= 15 is 0 Å². The Morgan fingerprint density at radius 3 is 2.71 bits per heavy atom. The number of rotatable bonds is 5. The van der Waals surface area contributed by atoms with Crippen LogP contribution < -0.4 is 5.32 Å². The van der Waals surface area contributed by atoms with Crippen molar-refractivity contribution in [1.29, 1.82) is 0 Å². The molecule has 1 aromatic rings. The van der Waals surface area contributed by atoms with E-state index in [-0.39, 0.29) is 0 Å². The number of carboxylic acids is 1. The van der Waals surface area contributed by atoms with Gasteiger partial charge in [-0.25, -0.2) is 9.78 Å². The highest BCUT2D eigenvalue weighted by atomic mass is 79.9. The minimum atomic E-state index is -0.846. The first-order valence-corrected chi connectivity index (χ1v) is 6.31. The van der Waals surface area contributed by atoms with Gasteiger partial charge in [-0.15, -0.1) is 0 Å². The van der Waals surface area contributed by atoms with Gasteiger partial charge in [0.25, 0.3) is 0 Å². The van der Waals surface area contributed by atoms with Crippen LogP contribution in [0.3, 0.4) is 0 Å². The van der Waals surface area contributed by atoms with E-state index in [1.807, 2.05) is 26.8 Å². The first-order chi connectivity index (χ1) is 7.90. The predicted molar refractivity (Wildman–Crippen MR) is 71.2 cm³/mol. The zero-order valence-electron chi connectivity index (χ0n) is 10.2.